The van der Waals surface area contributed by atoms with Gasteiger partial charge in [0.05, 0.1) is 18.4 Å². The lowest BCUT2D eigenvalue weighted by Gasteiger charge is -2.13. The third-order valence-electron chi connectivity index (χ3n) is 4.11. The summed E-state index contributed by atoms with van der Waals surface area (Å²) in [5, 5.41) is 13.9. The number of para-hydroxylation sites is 2. The van der Waals surface area contributed by atoms with Gasteiger partial charge in [0.15, 0.2) is 0 Å². The number of benzene rings is 2. The molecule has 0 saturated carbocycles. The molecule has 0 aromatic heterocycles. The lowest BCUT2D eigenvalue weighted by Crippen LogP contribution is -2.38. The van der Waals surface area contributed by atoms with E-state index in [9.17, 15) is 19.2 Å². The van der Waals surface area contributed by atoms with Crippen molar-refractivity contribution in [1.82, 2.24) is 10.2 Å². The van der Waals surface area contributed by atoms with Crippen LogP contribution in [-0.4, -0.2) is 47.5 Å². The fourth-order valence-corrected chi connectivity index (χ4v) is 2.69. The van der Waals surface area contributed by atoms with Crippen LogP contribution >= 0.6 is 0 Å². The molecule has 0 radical (unpaired) electrons. The average Bonchev–Trinajstić information content (AvgIpc) is 2.96. The molecular weight excluding hydrogens is 378 g/mol. The van der Waals surface area contributed by atoms with Crippen LogP contribution in [0, 0.1) is 0 Å². The molecule has 1 fully saturated rings. The molecule has 1 aliphatic rings. The van der Waals surface area contributed by atoms with Gasteiger partial charge >= 0.3 is 12.0 Å². The number of anilines is 1. The summed E-state index contributed by atoms with van der Waals surface area (Å²) in [7, 11) is 1.46. The number of amides is 4. The van der Waals surface area contributed by atoms with E-state index in [4.69, 9.17) is 9.84 Å². The minimum absolute atomic E-state index is 0.0110. The van der Waals surface area contributed by atoms with Crippen LogP contribution in [0.3, 0.4) is 0 Å². The van der Waals surface area contributed by atoms with E-state index in [0.29, 0.717) is 17.0 Å². The Hall–Kier alpha value is -4.14. The van der Waals surface area contributed by atoms with Crippen LogP contribution in [0.15, 0.2) is 54.2 Å². The Morgan fingerprint density at radius 1 is 1.14 bits per heavy atom. The second-order valence-corrected chi connectivity index (χ2v) is 6.06. The van der Waals surface area contributed by atoms with E-state index in [-0.39, 0.29) is 11.3 Å². The standard InChI is InChI=1S/C20H17N3O6/c1-29-16-5-3-2-4-14(16)21-17(24)11-23-18(25)15(22-20(23)28)10-12-6-8-13(9-7-12)19(26)27/h2-10H,11H2,1H3,(H,21,24)(H,22,28)(H,26,27)/b15-10+. The fraction of sp³-hybridized carbons (Fsp3) is 0.100. The van der Waals surface area contributed by atoms with Crippen molar-refractivity contribution in [1.29, 1.82) is 0 Å². The second kappa shape index (κ2) is 8.26. The molecule has 3 N–H and O–H groups in total. The first-order valence-corrected chi connectivity index (χ1v) is 8.50. The van der Waals surface area contributed by atoms with E-state index in [2.05, 4.69) is 10.6 Å². The number of ether oxygens (including phenoxy) is 1. The Balaban J connectivity index is 1.70. The van der Waals surface area contributed by atoms with Gasteiger partial charge < -0.3 is 20.5 Å². The molecule has 1 aliphatic heterocycles. The van der Waals surface area contributed by atoms with Gasteiger partial charge in [-0.15, -0.1) is 0 Å². The van der Waals surface area contributed by atoms with E-state index in [1.54, 1.807) is 24.3 Å². The van der Waals surface area contributed by atoms with Gasteiger partial charge in [-0.2, -0.15) is 0 Å². The normalized spacial score (nSPS) is 14.7. The number of imide groups is 1. The largest absolute Gasteiger partial charge is 0.495 e. The van der Waals surface area contributed by atoms with Gasteiger partial charge in [0, 0.05) is 0 Å². The Bertz CT molecular complexity index is 1010. The zero-order valence-corrected chi connectivity index (χ0v) is 15.3. The minimum Gasteiger partial charge on any atom is -0.495 e. The second-order valence-electron chi connectivity index (χ2n) is 6.06. The molecule has 29 heavy (non-hydrogen) atoms. The first-order valence-electron chi connectivity index (χ1n) is 8.50. The maximum absolute atomic E-state index is 12.5. The highest BCUT2D eigenvalue weighted by Crippen LogP contribution is 2.23. The summed E-state index contributed by atoms with van der Waals surface area (Å²) in [6.45, 7) is -0.474. The van der Waals surface area contributed by atoms with Crippen LogP contribution in [0.4, 0.5) is 10.5 Å². The van der Waals surface area contributed by atoms with Gasteiger partial charge in [0.2, 0.25) is 5.91 Å². The van der Waals surface area contributed by atoms with Gasteiger partial charge in [-0.25, -0.2) is 14.5 Å². The molecule has 4 amide bonds. The number of aromatic carboxylic acids is 1. The Morgan fingerprint density at radius 3 is 2.48 bits per heavy atom. The number of rotatable bonds is 6. The molecule has 3 rings (SSSR count). The number of carboxylic acid groups (broad SMARTS) is 1. The van der Waals surface area contributed by atoms with Crippen molar-refractivity contribution in [2.45, 2.75) is 0 Å². The molecule has 148 valence electrons. The van der Waals surface area contributed by atoms with Crippen molar-refractivity contribution in [3.8, 4) is 5.75 Å². The van der Waals surface area contributed by atoms with Gasteiger partial charge in [-0.05, 0) is 35.9 Å². The van der Waals surface area contributed by atoms with Crippen LogP contribution in [-0.2, 0) is 9.59 Å². The van der Waals surface area contributed by atoms with E-state index in [0.717, 1.165) is 4.90 Å². The summed E-state index contributed by atoms with van der Waals surface area (Å²) in [5.41, 5.74) is 1.03. The van der Waals surface area contributed by atoms with Gasteiger partial charge in [-0.1, -0.05) is 24.3 Å². The van der Waals surface area contributed by atoms with Crippen LogP contribution in [0.5, 0.6) is 5.75 Å². The van der Waals surface area contributed by atoms with E-state index in [1.165, 1.54) is 37.5 Å². The van der Waals surface area contributed by atoms with Crippen molar-refractivity contribution in [2.24, 2.45) is 0 Å². The summed E-state index contributed by atoms with van der Waals surface area (Å²) in [5.74, 6) is -1.84. The zero-order valence-electron chi connectivity index (χ0n) is 15.3. The number of nitrogens with one attached hydrogen (secondary N) is 2. The average molecular weight is 395 g/mol. The smallest absolute Gasteiger partial charge is 0.335 e. The fourth-order valence-electron chi connectivity index (χ4n) is 2.69. The molecule has 0 spiro atoms. The molecular formula is C20H17N3O6. The highest BCUT2D eigenvalue weighted by atomic mass is 16.5. The number of hydrogen-bond donors (Lipinski definition) is 3. The Labute approximate surface area is 165 Å². The monoisotopic (exact) mass is 395 g/mol. The minimum atomic E-state index is -1.07. The van der Waals surface area contributed by atoms with Gasteiger partial charge in [-0.3, -0.25) is 9.59 Å². The summed E-state index contributed by atoms with van der Waals surface area (Å²) < 4.78 is 5.14. The van der Waals surface area contributed by atoms with Crippen molar-refractivity contribution >= 4 is 35.6 Å². The Morgan fingerprint density at radius 2 is 1.83 bits per heavy atom. The molecule has 9 heteroatoms. The summed E-state index contributed by atoms with van der Waals surface area (Å²) in [4.78, 5) is 48.5. The molecule has 0 aliphatic carbocycles. The summed E-state index contributed by atoms with van der Waals surface area (Å²) in [6, 6.07) is 11.8. The number of carbonyl (C=O) groups excluding carboxylic acids is 3. The van der Waals surface area contributed by atoms with Crippen LogP contribution in [0.25, 0.3) is 6.08 Å². The lowest BCUT2D eigenvalue weighted by molar-refractivity contribution is -0.127. The van der Waals surface area contributed by atoms with Crippen molar-refractivity contribution in [2.75, 3.05) is 19.0 Å². The molecule has 2 aromatic carbocycles. The maximum Gasteiger partial charge on any atom is 0.335 e. The van der Waals surface area contributed by atoms with E-state index < -0.39 is 30.4 Å². The predicted octanol–water partition coefficient (Wildman–Crippen LogP) is 1.92. The number of carbonyl (C=O) groups is 4. The number of nitrogens with zero attached hydrogens (tertiary/aromatic N) is 1. The summed E-state index contributed by atoms with van der Waals surface area (Å²) in [6.07, 6.45) is 1.41. The lowest BCUT2D eigenvalue weighted by atomic mass is 10.1. The number of hydrogen-bond acceptors (Lipinski definition) is 5. The SMILES string of the molecule is COc1ccccc1NC(=O)CN1C(=O)N/C(=C/c2ccc(C(=O)O)cc2)C1=O. The first-order chi connectivity index (χ1) is 13.9. The van der Waals surface area contributed by atoms with Crippen LogP contribution in [0.1, 0.15) is 15.9 Å². The molecule has 9 nitrogen and oxygen atoms in total. The van der Waals surface area contributed by atoms with Crippen molar-refractivity contribution in [3.05, 3.63) is 65.4 Å². The third-order valence-corrected chi connectivity index (χ3v) is 4.11. The summed E-state index contributed by atoms with van der Waals surface area (Å²) >= 11 is 0. The molecule has 0 atom stereocenters. The third kappa shape index (κ3) is 4.41. The first kappa shape index (κ1) is 19.6. The molecule has 0 bridgehead atoms. The zero-order chi connectivity index (χ0) is 21.0. The van der Waals surface area contributed by atoms with E-state index in [1.807, 2.05) is 0 Å². The molecule has 2 aromatic rings. The topological polar surface area (TPSA) is 125 Å². The van der Waals surface area contributed by atoms with Crippen molar-refractivity contribution in [3.63, 3.8) is 0 Å². The molecule has 0 unspecified atom stereocenters. The quantitative estimate of drug-likeness (QED) is 0.507. The van der Waals surface area contributed by atoms with E-state index >= 15 is 0 Å². The Kier molecular flexibility index (Phi) is 5.59. The molecule has 1 saturated heterocycles. The van der Waals surface area contributed by atoms with Crippen molar-refractivity contribution < 1.29 is 29.0 Å². The number of urea groups is 1. The highest BCUT2D eigenvalue weighted by Gasteiger charge is 2.35. The van der Waals surface area contributed by atoms with Gasteiger partial charge in [0.1, 0.15) is 18.0 Å². The molecule has 1 heterocycles. The van der Waals surface area contributed by atoms with Crippen LogP contribution in [0.2, 0.25) is 0 Å². The maximum atomic E-state index is 12.5. The van der Waals surface area contributed by atoms with Gasteiger partial charge in [0.25, 0.3) is 5.91 Å². The predicted molar refractivity (Wildman–Crippen MR) is 103 cm³/mol. The highest BCUT2D eigenvalue weighted by molar-refractivity contribution is 6.16. The number of methoxy groups -OCH3 is 1. The number of carboxylic acids is 1. The van der Waals surface area contributed by atoms with Crippen LogP contribution < -0.4 is 15.4 Å².